The van der Waals surface area contributed by atoms with Crippen LogP contribution >= 0.6 is 11.6 Å². The van der Waals surface area contributed by atoms with Crippen LogP contribution in [-0.4, -0.2) is 43.1 Å². The summed E-state index contributed by atoms with van der Waals surface area (Å²) in [4.78, 5) is 21.1. The Morgan fingerprint density at radius 1 is 1.12 bits per heavy atom. The molecule has 0 aliphatic heterocycles. The molecule has 4 aromatic rings. The van der Waals surface area contributed by atoms with Crippen LogP contribution in [0, 0.1) is 0 Å². The molecular formula is C19H16ClF3N6O3S. The summed E-state index contributed by atoms with van der Waals surface area (Å²) in [6, 6.07) is 3.47. The number of pyridine rings is 2. The van der Waals surface area contributed by atoms with Crippen LogP contribution in [0.3, 0.4) is 0 Å². The van der Waals surface area contributed by atoms with Gasteiger partial charge in [-0.05, 0) is 18.2 Å². The average molecular weight is 501 g/mol. The van der Waals surface area contributed by atoms with Crippen molar-refractivity contribution in [2.45, 2.75) is 18.0 Å². The van der Waals surface area contributed by atoms with Gasteiger partial charge < -0.3 is 9.13 Å². The largest absolute Gasteiger partial charge is 0.431 e. The van der Waals surface area contributed by atoms with Gasteiger partial charge in [0, 0.05) is 14.1 Å². The van der Waals surface area contributed by atoms with Gasteiger partial charge in [0.2, 0.25) is 0 Å². The van der Waals surface area contributed by atoms with Gasteiger partial charge in [0.15, 0.2) is 21.5 Å². The van der Waals surface area contributed by atoms with Gasteiger partial charge in [0.1, 0.15) is 16.9 Å². The van der Waals surface area contributed by atoms with E-state index in [1.165, 1.54) is 47.7 Å². The second-order valence-corrected chi connectivity index (χ2v) is 9.83. The molecule has 0 aliphatic carbocycles. The lowest BCUT2D eigenvalue weighted by Gasteiger charge is -2.12. The molecule has 0 amide bonds. The third kappa shape index (κ3) is 3.80. The predicted molar refractivity (Wildman–Crippen MR) is 114 cm³/mol. The first-order chi connectivity index (χ1) is 15.3. The molecular weight excluding hydrogens is 485 g/mol. The molecule has 0 atom stereocenters. The average Bonchev–Trinajstić information content (AvgIpc) is 3.32. The molecule has 0 radical (unpaired) electrons. The van der Waals surface area contributed by atoms with Crippen LogP contribution in [0.1, 0.15) is 12.6 Å². The molecule has 174 valence electrons. The molecule has 0 saturated carbocycles. The van der Waals surface area contributed by atoms with Crippen molar-refractivity contribution < 1.29 is 21.6 Å². The first kappa shape index (κ1) is 23.0. The normalized spacial score (nSPS) is 12.6. The van der Waals surface area contributed by atoms with Crippen LogP contribution < -0.4 is 5.56 Å². The lowest BCUT2D eigenvalue weighted by molar-refractivity contribution is -0.143. The number of sulfone groups is 1. The third-order valence-corrected chi connectivity index (χ3v) is 7.07. The summed E-state index contributed by atoms with van der Waals surface area (Å²) in [5.41, 5.74) is -2.61. The second-order valence-electron chi connectivity index (χ2n) is 7.14. The smallest absolute Gasteiger partial charge is 0.321 e. The van der Waals surface area contributed by atoms with Gasteiger partial charge in [0.05, 0.1) is 33.6 Å². The lowest BCUT2D eigenvalue weighted by Crippen LogP contribution is -2.26. The number of fused-ring (bicyclic) bond motifs is 1. The van der Waals surface area contributed by atoms with Crippen molar-refractivity contribution in [1.82, 2.24) is 28.9 Å². The minimum absolute atomic E-state index is 0.0893. The molecule has 14 heteroatoms. The summed E-state index contributed by atoms with van der Waals surface area (Å²) in [5.74, 6) is -0.144. The van der Waals surface area contributed by atoms with Crippen molar-refractivity contribution in [3.8, 4) is 17.3 Å². The van der Waals surface area contributed by atoms with Crippen LogP contribution in [0.2, 0.25) is 5.02 Å². The molecule has 0 saturated heterocycles. The molecule has 0 fully saturated rings. The summed E-state index contributed by atoms with van der Waals surface area (Å²) in [7, 11) is -1.40. The summed E-state index contributed by atoms with van der Waals surface area (Å²) in [6.07, 6.45) is -1.98. The maximum Gasteiger partial charge on any atom is 0.431 e. The first-order valence-corrected chi connectivity index (χ1v) is 11.5. The van der Waals surface area contributed by atoms with Crippen molar-refractivity contribution in [2.75, 3.05) is 5.75 Å². The zero-order valence-electron chi connectivity index (χ0n) is 17.4. The molecule has 0 spiro atoms. The molecule has 0 N–H and O–H groups in total. The van der Waals surface area contributed by atoms with E-state index >= 15 is 0 Å². The summed E-state index contributed by atoms with van der Waals surface area (Å²) >= 11 is 5.90. The van der Waals surface area contributed by atoms with Crippen LogP contribution in [0.25, 0.3) is 28.4 Å². The quantitative estimate of drug-likeness (QED) is 0.426. The van der Waals surface area contributed by atoms with Gasteiger partial charge in [-0.1, -0.05) is 18.5 Å². The van der Waals surface area contributed by atoms with Gasteiger partial charge in [-0.2, -0.15) is 18.3 Å². The highest BCUT2D eigenvalue weighted by Crippen LogP contribution is 2.32. The van der Waals surface area contributed by atoms with Gasteiger partial charge in [-0.25, -0.2) is 23.1 Å². The van der Waals surface area contributed by atoms with Gasteiger partial charge in [0.25, 0.3) is 5.56 Å². The molecule has 4 rings (SSSR count). The van der Waals surface area contributed by atoms with E-state index in [0.29, 0.717) is 9.59 Å². The SMILES string of the molecule is CCS(=O)(=O)c1ccc(-n2cc(Cl)cn2)nc1-c1nc2cc(C(F)(F)F)n(C)c(=O)c2n1C. The number of rotatable bonds is 4. The second kappa shape index (κ2) is 7.70. The van der Waals surface area contributed by atoms with Crippen molar-refractivity contribution in [2.24, 2.45) is 14.1 Å². The number of hydrogen-bond donors (Lipinski definition) is 0. The molecule has 0 bridgehead atoms. The fourth-order valence-corrected chi connectivity index (χ4v) is 4.56. The number of aromatic nitrogens is 6. The first-order valence-electron chi connectivity index (χ1n) is 9.43. The zero-order chi connectivity index (χ0) is 24.3. The number of nitrogens with zero attached hydrogens (tertiary/aromatic N) is 6. The van der Waals surface area contributed by atoms with E-state index in [9.17, 15) is 26.4 Å². The highest BCUT2D eigenvalue weighted by atomic mass is 35.5. The number of imidazole rings is 1. The Morgan fingerprint density at radius 3 is 2.39 bits per heavy atom. The molecule has 0 aromatic carbocycles. The van der Waals surface area contributed by atoms with E-state index in [-0.39, 0.29) is 39.0 Å². The maximum atomic E-state index is 13.4. The van der Waals surface area contributed by atoms with Gasteiger partial charge in [-0.15, -0.1) is 0 Å². The number of hydrogen-bond acceptors (Lipinski definition) is 6. The summed E-state index contributed by atoms with van der Waals surface area (Å²) in [6.45, 7) is 1.45. The maximum absolute atomic E-state index is 13.4. The molecule has 33 heavy (non-hydrogen) atoms. The number of halogens is 4. The minimum Gasteiger partial charge on any atom is -0.321 e. The van der Waals surface area contributed by atoms with E-state index in [0.717, 1.165) is 13.1 Å². The van der Waals surface area contributed by atoms with Crippen molar-refractivity contribution >= 4 is 32.5 Å². The van der Waals surface area contributed by atoms with Crippen molar-refractivity contribution in [3.05, 3.63) is 51.7 Å². The van der Waals surface area contributed by atoms with Crippen LogP contribution in [-0.2, 0) is 30.1 Å². The Hall–Kier alpha value is -3.19. The Balaban J connectivity index is 2.07. The molecule has 9 nitrogen and oxygen atoms in total. The van der Waals surface area contributed by atoms with E-state index in [2.05, 4.69) is 15.1 Å². The summed E-state index contributed by atoms with van der Waals surface area (Å²) in [5, 5.41) is 4.34. The molecule has 0 aliphatic rings. The Kier molecular flexibility index (Phi) is 5.36. The fourth-order valence-electron chi connectivity index (χ4n) is 3.41. The highest BCUT2D eigenvalue weighted by molar-refractivity contribution is 7.91. The molecule has 0 unspecified atom stereocenters. The van der Waals surface area contributed by atoms with Crippen LogP contribution in [0.15, 0.2) is 40.3 Å². The van der Waals surface area contributed by atoms with Crippen LogP contribution in [0.4, 0.5) is 13.2 Å². The Labute approximate surface area is 190 Å². The Morgan fingerprint density at radius 2 is 1.82 bits per heavy atom. The van der Waals surface area contributed by atoms with Crippen molar-refractivity contribution in [1.29, 1.82) is 0 Å². The van der Waals surface area contributed by atoms with E-state index in [1.807, 2.05) is 0 Å². The molecule has 4 aromatic heterocycles. The topological polar surface area (TPSA) is 105 Å². The predicted octanol–water partition coefficient (Wildman–Crippen LogP) is 2.99. The van der Waals surface area contributed by atoms with E-state index in [1.54, 1.807) is 0 Å². The van der Waals surface area contributed by atoms with E-state index in [4.69, 9.17) is 11.6 Å². The highest BCUT2D eigenvalue weighted by Gasteiger charge is 2.35. The Bertz CT molecular complexity index is 1570. The van der Waals surface area contributed by atoms with Gasteiger partial charge in [-0.3, -0.25) is 4.79 Å². The minimum atomic E-state index is -4.78. The van der Waals surface area contributed by atoms with Gasteiger partial charge >= 0.3 is 6.18 Å². The van der Waals surface area contributed by atoms with Crippen LogP contribution in [0.5, 0.6) is 0 Å². The van der Waals surface area contributed by atoms with Crippen molar-refractivity contribution in [3.63, 3.8) is 0 Å². The number of aryl methyl sites for hydroxylation is 1. The fraction of sp³-hybridized carbons (Fsp3) is 0.263. The lowest BCUT2D eigenvalue weighted by atomic mass is 10.3. The van der Waals surface area contributed by atoms with E-state index < -0.39 is 27.3 Å². The molecule has 4 heterocycles. The standard InChI is InChI=1S/C19H16ClF3N6O3S/c1-4-33(31,32)12-5-6-14(29-9-10(20)8-24-29)26-15(12)17-25-11-7-13(19(21,22)23)27(2)18(30)16(11)28(17)3/h5-9H,4H2,1-3H3. The zero-order valence-corrected chi connectivity index (χ0v) is 19.0. The number of alkyl halides is 3. The summed E-state index contributed by atoms with van der Waals surface area (Å²) < 4.78 is 68.7. The third-order valence-electron chi connectivity index (χ3n) is 5.11. The monoisotopic (exact) mass is 500 g/mol.